The average molecular weight is 259 g/mol. The predicted octanol–water partition coefficient (Wildman–Crippen LogP) is 3.40. The van der Waals surface area contributed by atoms with Gasteiger partial charge >= 0.3 is 0 Å². The van der Waals surface area contributed by atoms with E-state index in [0.29, 0.717) is 11.8 Å². The lowest BCUT2D eigenvalue weighted by Gasteiger charge is -2.11. The van der Waals surface area contributed by atoms with Crippen LogP contribution in [0.2, 0.25) is 0 Å². The van der Waals surface area contributed by atoms with Crippen LogP contribution in [0.1, 0.15) is 36.6 Å². The van der Waals surface area contributed by atoms with Crippen molar-refractivity contribution in [1.29, 1.82) is 0 Å². The molecular weight excluding hydrogens is 238 g/mol. The van der Waals surface area contributed by atoms with E-state index in [-0.39, 0.29) is 0 Å². The van der Waals surface area contributed by atoms with Crippen LogP contribution in [0.15, 0.2) is 24.5 Å². The zero-order chi connectivity index (χ0) is 14.0. The van der Waals surface area contributed by atoms with Crippen LogP contribution < -0.4 is 5.32 Å². The fraction of sp³-hybridized carbons (Fsp3) is 0.400. The summed E-state index contributed by atoms with van der Waals surface area (Å²) in [7, 11) is 0. The molecule has 0 spiro atoms. The summed E-state index contributed by atoms with van der Waals surface area (Å²) in [4.78, 5) is 0. The van der Waals surface area contributed by atoms with Crippen molar-refractivity contribution < 1.29 is 5.11 Å². The molecule has 0 amide bonds. The van der Waals surface area contributed by atoms with Crippen LogP contribution >= 0.6 is 0 Å². The number of rotatable bonds is 4. The molecule has 0 unspecified atom stereocenters. The van der Waals surface area contributed by atoms with Crippen LogP contribution in [0.3, 0.4) is 0 Å². The number of phenolic OH excluding ortho intramolecular Hbond substituents is 1. The van der Waals surface area contributed by atoms with Gasteiger partial charge in [-0.25, -0.2) is 0 Å². The van der Waals surface area contributed by atoms with Gasteiger partial charge in [-0.2, -0.15) is 5.10 Å². The Morgan fingerprint density at radius 3 is 2.63 bits per heavy atom. The average Bonchev–Trinajstić information content (AvgIpc) is 2.81. The van der Waals surface area contributed by atoms with Crippen LogP contribution in [-0.2, 0) is 6.54 Å². The van der Waals surface area contributed by atoms with Crippen molar-refractivity contribution >= 4 is 5.69 Å². The number of aryl methyl sites for hydroxylation is 2. The molecule has 102 valence electrons. The molecule has 0 aliphatic rings. The Morgan fingerprint density at radius 2 is 2.00 bits per heavy atom. The minimum Gasteiger partial charge on any atom is -0.508 e. The Morgan fingerprint density at radius 1 is 1.26 bits per heavy atom. The van der Waals surface area contributed by atoms with Crippen molar-refractivity contribution in [2.24, 2.45) is 0 Å². The topological polar surface area (TPSA) is 50.1 Å². The first-order chi connectivity index (χ1) is 8.97. The summed E-state index contributed by atoms with van der Waals surface area (Å²) >= 11 is 0. The second-order valence-corrected chi connectivity index (χ2v) is 5.23. The summed E-state index contributed by atoms with van der Waals surface area (Å²) < 4.78 is 1.95. The Hall–Kier alpha value is -1.97. The highest BCUT2D eigenvalue weighted by Crippen LogP contribution is 2.25. The normalized spacial score (nSPS) is 11.0. The molecule has 19 heavy (non-hydrogen) atoms. The van der Waals surface area contributed by atoms with Crippen molar-refractivity contribution in [3.63, 3.8) is 0 Å². The summed E-state index contributed by atoms with van der Waals surface area (Å²) in [5.74, 6) is 0.343. The molecule has 0 aliphatic carbocycles. The van der Waals surface area contributed by atoms with E-state index in [1.807, 2.05) is 30.8 Å². The van der Waals surface area contributed by atoms with Gasteiger partial charge < -0.3 is 10.4 Å². The summed E-state index contributed by atoms with van der Waals surface area (Å²) in [5.41, 5.74) is 4.12. The third-order valence-corrected chi connectivity index (χ3v) is 3.21. The Bertz CT molecular complexity index is 573. The first-order valence-corrected chi connectivity index (χ1v) is 6.54. The second-order valence-electron chi connectivity index (χ2n) is 5.23. The van der Waals surface area contributed by atoms with E-state index in [9.17, 15) is 5.11 Å². The molecule has 0 radical (unpaired) electrons. The van der Waals surface area contributed by atoms with Gasteiger partial charge in [0, 0.05) is 30.0 Å². The van der Waals surface area contributed by atoms with E-state index in [0.717, 1.165) is 28.9 Å². The van der Waals surface area contributed by atoms with Crippen molar-refractivity contribution in [3.8, 4) is 5.75 Å². The molecule has 2 aromatic rings. The lowest BCUT2D eigenvalue weighted by Crippen LogP contribution is -2.02. The maximum Gasteiger partial charge on any atom is 0.118 e. The number of aromatic hydroxyl groups is 1. The molecule has 2 rings (SSSR count). The first-order valence-electron chi connectivity index (χ1n) is 6.54. The summed E-state index contributed by atoms with van der Waals surface area (Å²) in [6.07, 6.45) is 3.94. The van der Waals surface area contributed by atoms with E-state index < -0.39 is 0 Å². The van der Waals surface area contributed by atoms with E-state index in [1.54, 1.807) is 6.07 Å². The van der Waals surface area contributed by atoms with Gasteiger partial charge in [-0.3, -0.25) is 4.68 Å². The molecule has 0 saturated heterocycles. The van der Waals surface area contributed by atoms with Gasteiger partial charge in [0.05, 0.1) is 6.20 Å². The van der Waals surface area contributed by atoms with Gasteiger partial charge in [-0.05, 0) is 51.0 Å². The Balaban J connectivity index is 2.07. The molecular formula is C15H21N3O. The van der Waals surface area contributed by atoms with Crippen LogP contribution in [0.4, 0.5) is 5.69 Å². The Kier molecular flexibility index (Phi) is 3.79. The molecule has 0 fully saturated rings. The molecule has 0 saturated carbocycles. The van der Waals surface area contributed by atoms with Gasteiger partial charge in [0.1, 0.15) is 5.75 Å². The van der Waals surface area contributed by atoms with Gasteiger partial charge in [0.25, 0.3) is 0 Å². The number of anilines is 1. The van der Waals surface area contributed by atoms with Crippen LogP contribution in [0.25, 0.3) is 0 Å². The fourth-order valence-electron chi connectivity index (χ4n) is 1.94. The smallest absolute Gasteiger partial charge is 0.118 e. The van der Waals surface area contributed by atoms with Gasteiger partial charge in [0.15, 0.2) is 0 Å². The minimum atomic E-state index is 0.343. The molecule has 4 heteroatoms. The molecule has 0 bridgehead atoms. The monoisotopic (exact) mass is 259 g/mol. The molecule has 2 N–H and O–H groups in total. The molecule has 0 atom stereocenters. The van der Waals surface area contributed by atoms with E-state index in [1.165, 1.54) is 0 Å². The molecule has 1 aromatic carbocycles. The summed E-state index contributed by atoms with van der Waals surface area (Å²) in [6.45, 7) is 8.84. The standard InChI is InChI=1S/C15H21N3O/c1-10(2)18-9-13(8-17-18)7-16-14-5-12(4)15(19)6-11(14)3/h5-6,8-10,16,19H,7H2,1-4H3. The first kappa shape index (κ1) is 13.5. The number of nitrogens with zero attached hydrogens (tertiary/aromatic N) is 2. The van der Waals surface area contributed by atoms with Crippen LogP contribution in [0.5, 0.6) is 5.75 Å². The highest BCUT2D eigenvalue weighted by Gasteiger charge is 2.05. The predicted molar refractivity (Wildman–Crippen MR) is 77.5 cm³/mol. The highest BCUT2D eigenvalue weighted by molar-refractivity contribution is 5.56. The van der Waals surface area contributed by atoms with Crippen molar-refractivity contribution in [1.82, 2.24) is 9.78 Å². The number of aromatic nitrogens is 2. The summed E-state index contributed by atoms with van der Waals surface area (Å²) in [6, 6.07) is 4.14. The number of benzene rings is 1. The summed E-state index contributed by atoms with van der Waals surface area (Å²) in [5, 5.41) is 17.3. The van der Waals surface area contributed by atoms with Gasteiger partial charge in [-0.1, -0.05) is 0 Å². The molecule has 1 heterocycles. The molecule has 0 aliphatic heterocycles. The van der Waals surface area contributed by atoms with Crippen LogP contribution in [0, 0.1) is 13.8 Å². The van der Waals surface area contributed by atoms with E-state index >= 15 is 0 Å². The number of phenols is 1. The van der Waals surface area contributed by atoms with E-state index in [2.05, 4.69) is 30.5 Å². The Labute approximate surface area is 114 Å². The second kappa shape index (κ2) is 5.34. The largest absolute Gasteiger partial charge is 0.508 e. The van der Waals surface area contributed by atoms with Gasteiger partial charge in [-0.15, -0.1) is 0 Å². The van der Waals surface area contributed by atoms with E-state index in [4.69, 9.17) is 0 Å². The lowest BCUT2D eigenvalue weighted by molar-refractivity contribution is 0.471. The van der Waals surface area contributed by atoms with Crippen molar-refractivity contribution in [2.75, 3.05) is 5.32 Å². The quantitative estimate of drug-likeness (QED) is 0.827. The number of hydrogen-bond donors (Lipinski definition) is 2. The SMILES string of the molecule is Cc1cc(NCc2cnn(C(C)C)c2)c(C)cc1O. The van der Waals surface area contributed by atoms with Gasteiger partial charge in [0.2, 0.25) is 0 Å². The molecule has 1 aromatic heterocycles. The third kappa shape index (κ3) is 3.08. The third-order valence-electron chi connectivity index (χ3n) is 3.21. The zero-order valence-electron chi connectivity index (χ0n) is 11.9. The maximum atomic E-state index is 9.63. The number of hydrogen-bond acceptors (Lipinski definition) is 3. The number of nitrogens with one attached hydrogen (secondary N) is 1. The minimum absolute atomic E-state index is 0.343. The van der Waals surface area contributed by atoms with Crippen LogP contribution in [-0.4, -0.2) is 14.9 Å². The van der Waals surface area contributed by atoms with Crippen molar-refractivity contribution in [3.05, 3.63) is 41.2 Å². The fourth-order valence-corrected chi connectivity index (χ4v) is 1.94. The highest BCUT2D eigenvalue weighted by atomic mass is 16.3. The van der Waals surface area contributed by atoms with Crippen molar-refractivity contribution in [2.45, 2.75) is 40.3 Å². The molecule has 4 nitrogen and oxygen atoms in total. The zero-order valence-corrected chi connectivity index (χ0v) is 11.9. The lowest BCUT2D eigenvalue weighted by atomic mass is 10.1. The maximum absolute atomic E-state index is 9.63.